The molecule has 60 valence electrons. The number of rotatable bonds is 1. The maximum atomic E-state index is 10.6. The first-order chi connectivity index (χ1) is 5.29. The lowest BCUT2D eigenvalue weighted by Crippen LogP contribution is -2.32. The Morgan fingerprint density at radius 1 is 1.64 bits per heavy atom. The topological polar surface area (TPSA) is 58.6 Å². The van der Waals surface area contributed by atoms with Gasteiger partial charge in [-0.15, -0.1) is 5.48 Å². The number of carboxylic acid groups (broad SMARTS) is 1. The molecule has 1 unspecified atom stereocenters. The molecule has 0 spiro atoms. The van der Waals surface area contributed by atoms with Crippen LogP contribution in [0.4, 0.5) is 0 Å². The molecular formula is C7H9NO3. The number of nitrogens with one attached hydrogen (secondary N) is 1. The molecule has 0 aromatic carbocycles. The van der Waals surface area contributed by atoms with Crippen molar-refractivity contribution in [3.8, 4) is 0 Å². The lowest BCUT2D eigenvalue weighted by molar-refractivity contribution is -0.140. The minimum absolute atomic E-state index is 0.590. The first-order valence-corrected chi connectivity index (χ1v) is 3.66. The van der Waals surface area contributed by atoms with Crippen LogP contribution < -0.4 is 5.48 Å². The van der Waals surface area contributed by atoms with E-state index in [1.807, 2.05) is 0 Å². The molecule has 2 N–H and O–H groups in total. The summed E-state index contributed by atoms with van der Waals surface area (Å²) >= 11 is 0. The van der Waals surface area contributed by atoms with E-state index in [1.165, 1.54) is 0 Å². The standard InChI is InChI=1S/C7H9NO3/c9-7(10)6-4-2-1-3-5(4)11-8-6/h6,8H,1-3H2,(H,9,10). The van der Waals surface area contributed by atoms with Crippen LogP contribution in [0.25, 0.3) is 0 Å². The van der Waals surface area contributed by atoms with E-state index in [0.29, 0.717) is 0 Å². The van der Waals surface area contributed by atoms with Crippen LogP contribution in [0, 0.1) is 0 Å². The van der Waals surface area contributed by atoms with Crippen molar-refractivity contribution in [2.75, 3.05) is 0 Å². The van der Waals surface area contributed by atoms with Crippen molar-refractivity contribution in [1.29, 1.82) is 0 Å². The second kappa shape index (κ2) is 2.23. The van der Waals surface area contributed by atoms with Gasteiger partial charge in [0, 0.05) is 12.0 Å². The van der Waals surface area contributed by atoms with E-state index in [9.17, 15) is 4.79 Å². The summed E-state index contributed by atoms with van der Waals surface area (Å²) in [7, 11) is 0. The van der Waals surface area contributed by atoms with E-state index in [-0.39, 0.29) is 0 Å². The van der Waals surface area contributed by atoms with E-state index >= 15 is 0 Å². The molecule has 0 aromatic heterocycles. The van der Waals surface area contributed by atoms with E-state index in [1.54, 1.807) is 0 Å². The van der Waals surface area contributed by atoms with Crippen LogP contribution in [-0.2, 0) is 9.63 Å². The van der Waals surface area contributed by atoms with Crippen molar-refractivity contribution in [1.82, 2.24) is 5.48 Å². The zero-order chi connectivity index (χ0) is 7.84. The van der Waals surface area contributed by atoms with Gasteiger partial charge in [-0.3, -0.25) is 4.79 Å². The summed E-state index contributed by atoms with van der Waals surface area (Å²) in [4.78, 5) is 15.6. The summed E-state index contributed by atoms with van der Waals surface area (Å²) in [5.41, 5.74) is 3.41. The number of hydroxylamine groups is 1. The zero-order valence-electron chi connectivity index (χ0n) is 5.96. The fourth-order valence-electron chi connectivity index (χ4n) is 1.56. The van der Waals surface area contributed by atoms with Crippen molar-refractivity contribution in [2.45, 2.75) is 25.3 Å². The molecule has 2 aliphatic rings. The maximum Gasteiger partial charge on any atom is 0.328 e. The van der Waals surface area contributed by atoms with E-state index in [0.717, 1.165) is 30.6 Å². The fourth-order valence-corrected chi connectivity index (χ4v) is 1.56. The summed E-state index contributed by atoms with van der Waals surface area (Å²) in [6.45, 7) is 0. The van der Waals surface area contributed by atoms with E-state index in [4.69, 9.17) is 9.94 Å². The third kappa shape index (κ3) is 0.903. The van der Waals surface area contributed by atoms with Crippen LogP contribution in [0.1, 0.15) is 19.3 Å². The van der Waals surface area contributed by atoms with Gasteiger partial charge in [0.05, 0.1) is 0 Å². The number of carboxylic acids is 1. The van der Waals surface area contributed by atoms with Crippen molar-refractivity contribution in [2.24, 2.45) is 0 Å². The Balaban J connectivity index is 2.22. The van der Waals surface area contributed by atoms with Gasteiger partial charge >= 0.3 is 5.97 Å². The Hall–Kier alpha value is -1.03. The normalized spacial score (nSPS) is 28.5. The molecule has 1 aliphatic heterocycles. The number of hydrogen-bond donors (Lipinski definition) is 2. The molecule has 2 rings (SSSR count). The summed E-state index contributed by atoms with van der Waals surface area (Å²) in [6, 6.07) is -0.590. The molecule has 4 heteroatoms. The van der Waals surface area contributed by atoms with Crippen LogP contribution in [0.15, 0.2) is 11.3 Å². The number of allylic oxidation sites excluding steroid dienone is 1. The molecule has 0 bridgehead atoms. The molecule has 0 saturated carbocycles. The van der Waals surface area contributed by atoms with Crippen molar-refractivity contribution in [3.05, 3.63) is 11.3 Å². The molecule has 1 atom stereocenters. The summed E-state index contributed by atoms with van der Waals surface area (Å²) in [6.07, 6.45) is 2.77. The van der Waals surface area contributed by atoms with E-state index in [2.05, 4.69) is 5.48 Å². The van der Waals surface area contributed by atoms with Gasteiger partial charge < -0.3 is 9.94 Å². The van der Waals surface area contributed by atoms with E-state index < -0.39 is 12.0 Å². The molecule has 0 aromatic rings. The smallest absolute Gasteiger partial charge is 0.328 e. The van der Waals surface area contributed by atoms with Crippen LogP contribution in [-0.4, -0.2) is 17.1 Å². The summed E-state index contributed by atoms with van der Waals surface area (Å²) < 4.78 is 0. The number of hydrogen-bond acceptors (Lipinski definition) is 3. The van der Waals surface area contributed by atoms with Crippen molar-refractivity contribution in [3.63, 3.8) is 0 Å². The molecule has 0 radical (unpaired) electrons. The van der Waals surface area contributed by atoms with Crippen molar-refractivity contribution >= 4 is 5.97 Å². The molecule has 11 heavy (non-hydrogen) atoms. The Morgan fingerprint density at radius 3 is 3.18 bits per heavy atom. The molecular weight excluding hydrogens is 146 g/mol. The van der Waals surface area contributed by atoms with Gasteiger partial charge in [0.15, 0.2) is 6.04 Å². The Kier molecular flexibility index (Phi) is 1.35. The second-order valence-corrected chi connectivity index (χ2v) is 2.79. The predicted molar refractivity (Wildman–Crippen MR) is 36.5 cm³/mol. The van der Waals surface area contributed by atoms with Gasteiger partial charge in [0.1, 0.15) is 5.76 Å². The molecule has 4 nitrogen and oxygen atoms in total. The third-order valence-corrected chi connectivity index (χ3v) is 2.10. The minimum Gasteiger partial charge on any atom is -0.480 e. The molecule has 0 amide bonds. The summed E-state index contributed by atoms with van der Waals surface area (Å²) in [5.74, 6) is -0.00528. The number of aliphatic carboxylic acids is 1. The lowest BCUT2D eigenvalue weighted by atomic mass is 10.1. The minimum atomic E-state index is -0.850. The SMILES string of the molecule is O=C(O)C1NOC2=C1CCC2. The zero-order valence-corrected chi connectivity index (χ0v) is 5.96. The number of carbonyl (C=O) groups is 1. The third-order valence-electron chi connectivity index (χ3n) is 2.10. The van der Waals surface area contributed by atoms with Crippen LogP contribution in [0.5, 0.6) is 0 Å². The highest BCUT2D eigenvalue weighted by molar-refractivity contribution is 5.78. The average molecular weight is 155 g/mol. The quantitative estimate of drug-likeness (QED) is 0.576. The molecule has 1 heterocycles. The summed E-state index contributed by atoms with van der Waals surface area (Å²) in [5, 5.41) is 8.68. The largest absolute Gasteiger partial charge is 0.480 e. The first-order valence-electron chi connectivity index (χ1n) is 3.66. The highest BCUT2D eigenvalue weighted by Gasteiger charge is 2.35. The van der Waals surface area contributed by atoms with Gasteiger partial charge in [-0.25, -0.2) is 0 Å². The Morgan fingerprint density at radius 2 is 2.45 bits per heavy atom. The Bertz CT molecular complexity index is 234. The Labute approximate surface area is 63.8 Å². The van der Waals surface area contributed by atoms with Gasteiger partial charge in [-0.1, -0.05) is 0 Å². The average Bonchev–Trinajstić information content (AvgIpc) is 2.41. The van der Waals surface area contributed by atoms with Crippen molar-refractivity contribution < 1.29 is 14.7 Å². The van der Waals surface area contributed by atoms with Crippen LogP contribution in [0.3, 0.4) is 0 Å². The van der Waals surface area contributed by atoms with Crippen LogP contribution >= 0.6 is 0 Å². The van der Waals surface area contributed by atoms with Gasteiger partial charge in [-0.05, 0) is 12.8 Å². The van der Waals surface area contributed by atoms with Gasteiger partial charge in [0.25, 0.3) is 0 Å². The molecule has 1 aliphatic carbocycles. The van der Waals surface area contributed by atoms with Crippen LogP contribution in [0.2, 0.25) is 0 Å². The highest BCUT2D eigenvalue weighted by atomic mass is 16.7. The second-order valence-electron chi connectivity index (χ2n) is 2.79. The van der Waals surface area contributed by atoms with Gasteiger partial charge in [-0.2, -0.15) is 0 Å². The fraction of sp³-hybridized carbons (Fsp3) is 0.571. The molecule has 0 fully saturated rings. The predicted octanol–water partition coefficient (Wildman–Crippen LogP) is 0.412. The molecule has 0 saturated heterocycles. The maximum absolute atomic E-state index is 10.6. The lowest BCUT2D eigenvalue weighted by Gasteiger charge is -2.06. The van der Waals surface area contributed by atoms with Gasteiger partial charge in [0.2, 0.25) is 0 Å². The monoisotopic (exact) mass is 155 g/mol. The first kappa shape index (κ1) is 6.67. The highest BCUT2D eigenvalue weighted by Crippen LogP contribution is 2.32.